The molecule has 14 nitrogen and oxygen atoms in total. The molecule has 15 heteroatoms. The van der Waals surface area contributed by atoms with Gasteiger partial charge in [0.1, 0.15) is 35.8 Å². The zero-order valence-corrected chi connectivity index (χ0v) is 36.6. The van der Waals surface area contributed by atoms with Crippen molar-refractivity contribution in [2.24, 2.45) is 0 Å². The van der Waals surface area contributed by atoms with Crippen molar-refractivity contribution in [2.45, 2.75) is 76.7 Å². The van der Waals surface area contributed by atoms with Crippen LogP contribution in [0.3, 0.4) is 0 Å². The standard InChI is InChI=1S/C47H52N7O7P/c1-32(2)54(33(3)4)62(59-27-13-26-48)61-40-28-42(53-31-51-43-44(49-30-50-45(43)53)52-46(55)34-14-9-7-10-15-34)60-41(40)29-58-47(35-16-11-8-12-17-35,36-18-22-38(56-5)23-19-36)37-20-24-39(57-6)25-21-37/h7-12,14-25,30-33,40-42H,13,27-29H2,1-6H3,(H,49,50,52,55)/t40-,41+,42+,62?/m0/s1. The number of anilines is 1. The van der Waals surface area contributed by atoms with Crippen LogP contribution < -0.4 is 14.8 Å². The number of carbonyl (C=O) groups excluding carboxylic acids is 1. The number of fused-ring (bicyclic) bond motifs is 1. The summed E-state index contributed by atoms with van der Waals surface area (Å²) < 4.78 is 43.0. The Kier molecular flexibility index (Phi) is 14.6. The van der Waals surface area contributed by atoms with E-state index in [0.717, 1.165) is 16.7 Å². The number of methoxy groups -OCH3 is 2. The van der Waals surface area contributed by atoms with E-state index in [1.165, 1.54) is 6.33 Å². The number of rotatable bonds is 19. The van der Waals surface area contributed by atoms with Crippen molar-refractivity contribution in [3.63, 3.8) is 0 Å². The van der Waals surface area contributed by atoms with Crippen LogP contribution in [0.2, 0.25) is 0 Å². The number of aromatic nitrogens is 4. The van der Waals surface area contributed by atoms with Crippen molar-refractivity contribution < 1.29 is 32.8 Å². The number of hydrogen-bond acceptors (Lipinski definition) is 12. The molecule has 1 fully saturated rings. The lowest BCUT2D eigenvalue weighted by Crippen LogP contribution is -2.39. The highest BCUT2D eigenvalue weighted by molar-refractivity contribution is 7.44. The molecule has 6 aromatic rings. The molecule has 1 aliphatic rings. The average molecular weight is 858 g/mol. The van der Waals surface area contributed by atoms with Crippen molar-refractivity contribution in [3.05, 3.63) is 144 Å². The molecule has 0 aliphatic carbocycles. The molecule has 0 spiro atoms. The van der Waals surface area contributed by atoms with Gasteiger partial charge < -0.3 is 33.3 Å². The number of hydrogen-bond donors (Lipinski definition) is 1. The van der Waals surface area contributed by atoms with Gasteiger partial charge in [0.2, 0.25) is 0 Å². The molecule has 0 saturated carbocycles. The van der Waals surface area contributed by atoms with E-state index in [4.69, 9.17) is 28.0 Å². The number of benzene rings is 4. The van der Waals surface area contributed by atoms with Gasteiger partial charge >= 0.3 is 0 Å². The van der Waals surface area contributed by atoms with Crippen LogP contribution >= 0.6 is 8.53 Å². The van der Waals surface area contributed by atoms with Crippen LogP contribution in [0.25, 0.3) is 11.2 Å². The Bertz CT molecular complexity index is 2360. The largest absolute Gasteiger partial charge is 0.497 e. The highest BCUT2D eigenvalue weighted by atomic mass is 31.2. The van der Waals surface area contributed by atoms with Gasteiger partial charge in [-0.2, -0.15) is 5.26 Å². The van der Waals surface area contributed by atoms with Crippen molar-refractivity contribution in [1.82, 2.24) is 24.2 Å². The van der Waals surface area contributed by atoms with E-state index in [1.807, 2.05) is 77.4 Å². The summed E-state index contributed by atoms with van der Waals surface area (Å²) >= 11 is 0. The van der Waals surface area contributed by atoms with Crippen LogP contribution in [0.1, 0.15) is 73.8 Å². The molecule has 322 valence electrons. The highest BCUT2D eigenvalue weighted by Gasteiger charge is 2.45. The second-order valence-corrected chi connectivity index (χ2v) is 16.6. The SMILES string of the molecule is COc1ccc(C(OC[C@H]2O[C@@H](n3cnc4c(NC(=O)c5ccccc5)ncnc43)C[C@@H]2OP(OCCC#N)N(C(C)C)C(C)C)(c2ccccc2)c2ccc(OC)cc2)cc1. The van der Waals surface area contributed by atoms with E-state index in [0.29, 0.717) is 34.6 Å². The van der Waals surface area contributed by atoms with Crippen molar-refractivity contribution in [3.8, 4) is 17.6 Å². The molecular formula is C47H52N7O7P. The normalized spacial score (nSPS) is 17.1. The van der Waals surface area contributed by atoms with Gasteiger partial charge in [-0.25, -0.2) is 19.6 Å². The van der Waals surface area contributed by atoms with Gasteiger partial charge in [0.25, 0.3) is 14.4 Å². The summed E-state index contributed by atoms with van der Waals surface area (Å²) in [4.78, 5) is 26.8. The van der Waals surface area contributed by atoms with Crippen molar-refractivity contribution in [1.29, 1.82) is 5.26 Å². The molecule has 1 N–H and O–H groups in total. The number of nitriles is 1. The third kappa shape index (κ3) is 9.64. The lowest BCUT2D eigenvalue weighted by molar-refractivity contribution is -0.0912. The monoisotopic (exact) mass is 857 g/mol. The molecule has 1 aliphatic heterocycles. The predicted octanol–water partition coefficient (Wildman–Crippen LogP) is 9.05. The number of imidazole rings is 1. The van der Waals surface area contributed by atoms with Crippen molar-refractivity contribution >= 4 is 31.4 Å². The van der Waals surface area contributed by atoms with Gasteiger partial charge in [-0.05, 0) is 80.8 Å². The Morgan fingerprint density at radius 3 is 2.05 bits per heavy atom. The molecule has 7 rings (SSSR count). The molecular weight excluding hydrogens is 806 g/mol. The van der Waals surface area contributed by atoms with E-state index in [-0.39, 0.29) is 43.4 Å². The molecule has 0 radical (unpaired) electrons. The summed E-state index contributed by atoms with van der Waals surface area (Å²) in [7, 11) is 1.62. The first-order chi connectivity index (χ1) is 30.2. The molecule has 4 atom stereocenters. The molecule has 1 saturated heterocycles. The van der Waals surface area contributed by atoms with Crippen LogP contribution in [-0.2, 0) is 24.1 Å². The number of amides is 1. The fourth-order valence-electron chi connectivity index (χ4n) is 7.75. The predicted molar refractivity (Wildman–Crippen MR) is 237 cm³/mol. The Hall–Kier alpha value is -5.78. The third-order valence-electron chi connectivity index (χ3n) is 10.6. The Labute approximate surface area is 363 Å². The molecule has 0 bridgehead atoms. The van der Waals surface area contributed by atoms with Crippen molar-refractivity contribution in [2.75, 3.05) is 32.8 Å². The fourth-order valence-corrected chi connectivity index (χ4v) is 9.51. The van der Waals surface area contributed by atoms with Gasteiger partial charge in [-0.3, -0.25) is 9.36 Å². The minimum atomic E-state index is -1.66. The minimum Gasteiger partial charge on any atom is -0.497 e. The maximum absolute atomic E-state index is 13.2. The maximum atomic E-state index is 13.2. The van der Waals surface area contributed by atoms with E-state index in [9.17, 15) is 10.1 Å². The maximum Gasteiger partial charge on any atom is 0.259 e. The Morgan fingerprint density at radius 1 is 0.871 bits per heavy atom. The quantitative estimate of drug-likeness (QED) is 0.0469. The van der Waals surface area contributed by atoms with Crippen LogP contribution in [0.15, 0.2) is 122 Å². The minimum absolute atomic E-state index is 0.0747. The van der Waals surface area contributed by atoms with E-state index >= 15 is 0 Å². The molecule has 3 heterocycles. The van der Waals surface area contributed by atoms with Gasteiger partial charge in [0, 0.05) is 24.1 Å². The second-order valence-electron chi connectivity index (χ2n) is 15.2. The summed E-state index contributed by atoms with van der Waals surface area (Å²) in [6, 6.07) is 37.1. The zero-order valence-electron chi connectivity index (χ0n) is 35.8. The van der Waals surface area contributed by atoms with Gasteiger partial charge in [0.15, 0.2) is 17.0 Å². The number of nitrogens with zero attached hydrogens (tertiary/aromatic N) is 6. The van der Waals surface area contributed by atoms with Gasteiger partial charge in [0.05, 0.1) is 52.4 Å². The number of ether oxygens (including phenoxy) is 4. The van der Waals surface area contributed by atoms with Gasteiger partial charge in [-0.15, -0.1) is 0 Å². The van der Waals surface area contributed by atoms with Gasteiger partial charge in [-0.1, -0.05) is 72.8 Å². The number of nitrogens with one attached hydrogen (secondary N) is 1. The average Bonchev–Trinajstić information content (AvgIpc) is 3.92. The Morgan fingerprint density at radius 2 is 1.47 bits per heavy atom. The Balaban J connectivity index is 1.28. The summed E-state index contributed by atoms with van der Waals surface area (Å²) in [6.07, 6.45) is 1.84. The first-order valence-electron chi connectivity index (χ1n) is 20.6. The lowest BCUT2D eigenvalue weighted by atomic mass is 9.80. The second kappa shape index (κ2) is 20.4. The van der Waals surface area contributed by atoms with E-state index in [1.54, 1.807) is 44.8 Å². The molecule has 62 heavy (non-hydrogen) atoms. The first-order valence-corrected chi connectivity index (χ1v) is 21.7. The zero-order chi connectivity index (χ0) is 43.6. The lowest BCUT2D eigenvalue weighted by Gasteiger charge is -2.39. The van der Waals surface area contributed by atoms with Crippen LogP contribution in [0.5, 0.6) is 11.5 Å². The van der Waals surface area contributed by atoms with Crippen LogP contribution in [0.4, 0.5) is 5.82 Å². The molecule has 1 amide bonds. The topological polar surface area (TPSA) is 155 Å². The fraction of sp³-hybridized carbons (Fsp3) is 0.340. The summed E-state index contributed by atoms with van der Waals surface area (Å²) in [5.74, 6) is 1.39. The van der Waals surface area contributed by atoms with Crippen LogP contribution in [-0.4, -0.2) is 81.8 Å². The highest BCUT2D eigenvalue weighted by Crippen LogP contribution is 2.51. The molecule has 1 unspecified atom stereocenters. The first kappa shape index (κ1) is 44.3. The summed E-state index contributed by atoms with van der Waals surface area (Å²) in [6.45, 7) is 8.70. The molecule has 4 aromatic carbocycles. The number of carbonyl (C=O) groups is 1. The third-order valence-corrected chi connectivity index (χ3v) is 12.8. The van der Waals surface area contributed by atoms with E-state index < -0.39 is 32.6 Å². The molecule has 2 aromatic heterocycles. The smallest absolute Gasteiger partial charge is 0.259 e. The summed E-state index contributed by atoms with van der Waals surface area (Å²) in [5.41, 5.74) is 2.89. The van der Waals surface area contributed by atoms with E-state index in [2.05, 4.69) is 70.8 Å². The van der Waals surface area contributed by atoms with Crippen LogP contribution in [0, 0.1) is 11.3 Å². The summed E-state index contributed by atoms with van der Waals surface area (Å²) in [5, 5.41) is 12.3.